The zero-order valence-corrected chi connectivity index (χ0v) is 13.4. The summed E-state index contributed by atoms with van der Waals surface area (Å²) in [6.45, 7) is -0.0115. The van der Waals surface area contributed by atoms with Crippen molar-refractivity contribution in [1.82, 2.24) is 5.32 Å². The number of hydrogen-bond donors (Lipinski definition) is 2. The predicted octanol–water partition coefficient (Wildman–Crippen LogP) is 5.47. The molecule has 0 aliphatic rings. The van der Waals surface area contributed by atoms with Crippen LogP contribution in [0.2, 0.25) is 10.0 Å². The van der Waals surface area contributed by atoms with Crippen LogP contribution in [0.5, 0.6) is 0 Å². The van der Waals surface area contributed by atoms with Crippen molar-refractivity contribution in [1.29, 1.82) is 0 Å². The van der Waals surface area contributed by atoms with E-state index in [1.54, 1.807) is 12.1 Å². The minimum absolute atomic E-state index is 0.0115. The van der Waals surface area contributed by atoms with Crippen molar-refractivity contribution in [3.05, 3.63) is 63.4 Å². The molecule has 2 amide bonds. The molecule has 0 bridgehead atoms. The normalized spacial score (nSPS) is 11.2. The Balaban J connectivity index is 2.05. The van der Waals surface area contributed by atoms with Gasteiger partial charge in [0.15, 0.2) is 5.82 Å². The second-order valence-corrected chi connectivity index (χ2v) is 5.55. The quantitative estimate of drug-likeness (QED) is 0.680. The highest BCUT2D eigenvalue weighted by Gasteiger charge is 2.35. The van der Waals surface area contributed by atoms with E-state index in [-0.39, 0.29) is 6.54 Å². The maximum Gasteiger partial charge on any atom is 0.419 e. The first-order valence-corrected chi connectivity index (χ1v) is 7.28. The molecule has 0 saturated carbocycles. The van der Waals surface area contributed by atoms with Gasteiger partial charge in [-0.3, -0.25) is 0 Å². The Morgan fingerprint density at radius 1 is 1.12 bits per heavy atom. The molecule has 2 rings (SSSR count). The highest BCUT2D eigenvalue weighted by atomic mass is 35.5. The number of amides is 2. The maximum atomic E-state index is 13.8. The molecule has 0 heterocycles. The number of anilines is 1. The van der Waals surface area contributed by atoms with Crippen LogP contribution < -0.4 is 10.6 Å². The van der Waals surface area contributed by atoms with Gasteiger partial charge < -0.3 is 10.6 Å². The number of halogens is 6. The van der Waals surface area contributed by atoms with E-state index in [1.165, 1.54) is 6.07 Å². The van der Waals surface area contributed by atoms with Gasteiger partial charge in [0.1, 0.15) is 0 Å². The molecule has 128 valence electrons. The third kappa shape index (κ3) is 4.52. The summed E-state index contributed by atoms with van der Waals surface area (Å²) in [6.07, 6.45) is -4.85. The molecule has 0 unspecified atom stereocenters. The van der Waals surface area contributed by atoms with Crippen LogP contribution >= 0.6 is 23.2 Å². The zero-order valence-electron chi connectivity index (χ0n) is 11.8. The van der Waals surface area contributed by atoms with Crippen LogP contribution in [0.3, 0.4) is 0 Å². The minimum Gasteiger partial charge on any atom is -0.334 e. The van der Waals surface area contributed by atoms with Crippen LogP contribution in [-0.4, -0.2) is 6.03 Å². The Hall–Kier alpha value is -1.99. The third-order valence-electron chi connectivity index (χ3n) is 3.01. The van der Waals surface area contributed by atoms with Gasteiger partial charge in [-0.05, 0) is 29.8 Å². The van der Waals surface area contributed by atoms with Crippen molar-refractivity contribution >= 4 is 34.9 Å². The molecule has 0 atom stereocenters. The van der Waals surface area contributed by atoms with Crippen LogP contribution in [0.15, 0.2) is 36.4 Å². The summed E-state index contributed by atoms with van der Waals surface area (Å²) in [5, 5.41) is 5.13. The summed E-state index contributed by atoms with van der Waals surface area (Å²) in [5.41, 5.74) is -1.49. The second-order valence-electron chi connectivity index (χ2n) is 4.71. The summed E-state index contributed by atoms with van der Waals surface area (Å²) in [6, 6.07) is 6.36. The smallest absolute Gasteiger partial charge is 0.334 e. The number of benzene rings is 2. The number of nitrogens with one attached hydrogen (secondary N) is 2. The number of carbonyl (C=O) groups is 1. The number of urea groups is 1. The average molecular weight is 381 g/mol. The van der Waals surface area contributed by atoms with E-state index in [4.69, 9.17) is 23.2 Å². The van der Waals surface area contributed by atoms with E-state index in [0.717, 1.165) is 12.1 Å². The lowest BCUT2D eigenvalue weighted by atomic mass is 10.2. The lowest BCUT2D eigenvalue weighted by Crippen LogP contribution is -2.29. The first kappa shape index (κ1) is 18.4. The van der Waals surface area contributed by atoms with Gasteiger partial charge in [0, 0.05) is 16.6 Å². The van der Waals surface area contributed by atoms with Crippen molar-refractivity contribution in [3.8, 4) is 0 Å². The molecule has 0 radical (unpaired) electrons. The van der Waals surface area contributed by atoms with Gasteiger partial charge in [0.05, 0.1) is 11.3 Å². The van der Waals surface area contributed by atoms with E-state index in [2.05, 4.69) is 5.32 Å². The van der Waals surface area contributed by atoms with Crippen molar-refractivity contribution in [3.63, 3.8) is 0 Å². The predicted molar refractivity (Wildman–Crippen MR) is 83.7 cm³/mol. The van der Waals surface area contributed by atoms with Crippen molar-refractivity contribution in [2.24, 2.45) is 0 Å². The monoisotopic (exact) mass is 380 g/mol. The molecule has 0 spiro atoms. The Bertz CT molecular complexity index is 766. The number of carbonyl (C=O) groups excluding carboxylic acids is 1. The Morgan fingerprint density at radius 3 is 2.46 bits per heavy atom. The van der Waals surface area contributed by atoms with Crippen molar-refractivity contribution in [2.75, 3.05) is 5.32 Å². The van der Waals surface area contributed by atoms with Gasteiger partial charge in [0.25, 0.3) is 0 Å². The molecule has 2 N–H and O–H groups in total. The standard InChI is InChI=1S/C15H10Cl2F4N2O/c16-9-5-4-8(11(17)6-9)7-22-14(24)23-12-3-1-2-10(13(12)18)15(19,20)21/h1-6H,7H2,(H2,22,23,24). The molecule has 0 saturated heterocycles. The van der Waals surface area contributed by atoms with Gasteiger partial charge in [-0.25, -0.2) is 9.18 Å². The molecule has 2 aromatic rings. The number of alkyl halides is 3. The summed E-state index contributed by atoms with van der Waals surface area (Å²) in [7, 11) is 0. The van der Waals surface area contributed by atoms with Gasteiger partial charge in [0.2, 0.25) is 0 Å². The van der Waals surface area contributed by atoms with Crippen molar-refractivity contribution < 1.29 is 22.4 Å². The molecule has 3 nitrogen and oxygen atoms in total. The summed E-state index contributed by atoms with van der Waals surface area (Å²) >= 11 is 11.7. The zero-order chi connectivity index (χ0) is 17.9. The number of rotatable bonds is 3. The van der Waals surface area contributed by atoms with E-state index >= 15 is 0 Å². The van der Waals surface area contributed by atoms with Crippen LogP contribution in [0.25, 0.3) is 0 Å². The molecular formula is C15H10Cl2F4N2O. The summed E-state index contributed by atoms with van der Waals surface area (Å²) in [5.74, 6) is -1.55. The lowest BCUT2D eigenvalue weighted by molar-refractivity contribution is -0.139. The average Bonchev–Trinajstić information content (AvgIpc) is 2.47. The van der Waals surface area contributed by atoms with Crippen LogP contribution in [-0.2, 0) is 12.7 Å². The molecule has 0 aromatic heterocycles. The Kier molecular flexibility index (Phi) is 5.56. The lowest BCUT2D eigenvalue weighted by Gasteiger charge is -2.13. The third-order valence-corrected chi connectivity index (χ3v) is 3.59. The largest absolute Gasteiger partial charge is 0.419 e. The Labute approximate surface area is 144 Å². The van der Waals surface area contributed by atoms with E-state index in [1.807, 2.05) is 5.32 Å². The highest BCUT2D eigenvalue weighted by Crippen LogP contribution is 2.33. The summed E-state index contributed by atoms with van der Waals surface area (Å²) < 4.78 is 51.7. The SMILES string of the molecule is O=C(NCc1ccc(Cl)cc1Cl)Nc1cccc(C(F)(F)F)c1F. The van der Waals surface area contributed by atoms with E-state index < -0.39 is 29.3 Å². The fourth-order valence-electron chi connectivity index (χ4n) is 1.85. The highest BCUT2D eigenvalue weighted by molar-refractivity contribution is 6.35. The van der Waals surface area contributed by atoms with Crippen LogP contribution in [0, 0.1) is 5.82 Å². The second kappa shape index (κ2) is 7.27. The molecule has 0 aliphatic carbocycles. The van der Waals surface area contributed by atoms with Gasteiger partial charge in [-0.1, -0.05) is 35.3 Å². The van der Waals surface area contributed by atoms with Gasteiger partial charge >= 0.3 is 12.2 Å². The number of hydrogen-bond acceptors (Lipinski definition) is 1. The maximum absolute atomic E-state index is 13.8. The van der Waals surface area contributed by atoms with Crippen molar-refractivity contribution in [2.45, 2.75) is 12.7 Å². The first-order chi connectivity index (χ1) is 11.2. The van der Waals surface area contributed by atoms with Gasteiger partial charge in [-0.15, -0.1) is 0 Å². The summed E-state index contributed by atoms with van der Waals surface area (Å²) in [4.78, 5) is 11.7. The Morgan fingerprint density at radius 2 is 1.83 bits per heavy atom. The van der Waals surface area contributed by atoms with E-state index in [0.29, 0.717) is 21.7 Å². The van der Waals surface area contributed by atoms with Crippen LogP contribution in [0.1, 0.15) is 11.1 Å². The fraction of sp³-hybridized carbons (Fsp3) is 0.133. The topological polar surface area (TPSA) is 41.1 Å². The molecular weight excluding hydrogens is 371 g/mol. The first-order valence-electron chi connectivity index (χ1n) is 6.53. The fourth-order valence-corrected chi connectivity index (χ4v) is 2.33. The van der Waals surface area contributed by atoms with E-state index in [9.17, 15) is 22.4 Å². The molecule has 24 heavy (non-hydrogen) atoms. The molecule has 2 aromatic carbocycles. The molecule has 0 fully saturated rings. The molecule has 0 aliphatic heterocycles. The minimum atomic E-state index is -4.85. The van der Waals surface area contributed by atoms with Crippen LogP contribution in [0.4, 0.5) is 28.0 Å². The molecule has 9 heteroatoms. The van der Waals surface area contributed by atoms with Gasteiger partial charge in [-0.2, -0.15) is 13.2 Å².